The van der Waals surface area contributed by atoms with Gasteiger partial charge >= 0.3 is 0 Å². The third-order valence-corrected chi connectivity index (χ3v) is 3.68. The van der Waals surface area contributed by atoms with Crippen molar-refractivity contribution in [1.29, 1.82) is 0 Å². The summed E-state index contributed by atoms with van der Waals surface area (Å²) in [5.74, 6) is 0. The number of sulfonamides is 2. The Balaban J connectivity index is 3.79. The van der Waals surface area contributed by atoms with Crippen LogP contribution in [-0.4, -0.2) is 21.8 Å². The molecule has 7 nitrogen and oxygen atoms in total. The van der Waals surface area contributed by atoms with E-state index < -0.39 is 30.0 Å². The second-order valence-electron chi connectivity index (χ2n) is 2.85. The van der Waals surface area contributed by atoms with Gasteiger partial charge in [0.25, 0.3) is 10.0 Å². The molecule has 1 heterocycles. The number of nitrogens with zero attached hydrogens (tertiary/aromatic N) is 1. The number of aryl methyl sites for hydroxylation is 1. The van der Waals surface area contributed by atoms with Crippen LogP contribution in [0.15, 0.2) is 22.2 Å². The van der Waals surface area contributed by atoms with Crippen LogP contribution in [-0.2, 0) is 20.0 Å². The second kappa shape index (κ2) is 3.52. The van der Waals surface area contributed by atoms with Crippen molar-refractivity contribution in [2.24, 2.45) is 10.3 Å². The molecule has 1 rings (SSSR count). The van der Waals surface area contributed by atoms with Gasteiger partial charge in [0.1, 0.15) is 4.90 Å². The Hall–Kier alpha value is -1.03. The van der Waals surface area contributed by atoms with Gasteiger partial charge in [-0.05, 0) is 18.6 Å². The van der Waals surface area contributed by atoms with Gasteiger partial charge in [0.15, 0.2) is 5.03 Å². The van der Waals surface area contributed by atoms with Gasteiger partial charge in [0.05, 0.1) is 0 Å². The fraction of sp³-hybridized carbons (Fsp3) is 0.167. The Labute approximate surface area is 87.2 Å². The van der Waals surface area contributed by atoms with E-state index in [4.69, 9.17) is 10.3 Å². The average molecular weight is 251 g/mol. The van der Waals surface area contributed by atoms with E-state index in [-0.39, 0.29) is 5.56 Å². The van der Waals surface area contributed by atoms with E-state index in [1.54, 1.807) is 0 Å². The van der Waals surface area contributed by atoms with Crippen molar-refractivity contribution < 1.29 is 16.8 Å². The molecule has 0 bridgehead atoms. The maximum Gasteiger partial charge on any atom is 0.256 e. The summed E-state index contributed by atoms with van der Waals surface area (Å²) < 4.78 is 44.4. The number of hydrogen-bond acceptors (Lipinski definition) is 5. The molecule has 0 aliphatic heterocycles. The van der Waals surface area contributed by atoms with E-state index in [0.29, 0.717) is 0 Å². The lowest BCUT2D eigenvalue weighted by Crippen LogP contribution is -2.23. The lowest BCUT2D eigenvalue weighted by Gasteiger charge is -2.06. The molecule has 84 valence electrons. The van der Waals surface area contributed by atoms with Gasteiger partial charge in [-0.25, -0.2) is 32.1 Å². The monoisotopic (exact) mass is 251 g/mol. The molecule has 0 aliphatic rings. The number of primary sulfonamides is 2. The van der Waals surface area contributed by atoms with Crippen LogP contribution in [0.25, 0.3) is 0 Å². The summed E-state index contributed by atoms with van der Waals surface area (Å²) in [4.78, 5) is 2.84. The van der Waals surface area contributed by atoms with Gasteiger partial charge in [0, 0.05) is 6.20 Å². The molecule has 0 aromatic carbocycles. The van der Waals surface area contributed by atoms with Crippen molar-refractivity contribution in [3.05, 3.63) is 17.8 Å². The summed E-state index contributed by atoms with van der Waals surface area (Å²) in [6.07, 6.45) is 1.14. The molecule has 1 aromatic heterocycles. The van der Waals surface area contributed by atoms with Crippen LogP contribution in [0.2, 0.25) is 0 Å². The predicted octanol–water partition coefficient (Wildman–Crippen LogP) is -1.32. The molecule has 0 amide bonds. The molecule has 0 atom stereocenters. The topological polar surface area (TPSA) is 133 Å². The molecular formula is C6H9N3O4S2. The highest BCUT2D eigenvalue weighted by atomic mass is 32.2. The predicted molar refractivity (Wildman–Crippen MR) is 51.7 cm³/mol. The minimum atomic E-state index is -4.21. The Kier molecular flexibility index (Phi) is 2.83. The van der Waals surface area contributed by atoms with E-state index in [1.165, 1.54) is 13.0 Å². The van der Waals surface area contributed by atoms with Crippen LogP contribution in [0.5, 0.6) is 0 Å². The molecule has 15 heavy (non-hydrogen) atoms. The number of nitrogens with two attached hydrogens (primary N) is 2. The Morgan fingerprint density at radius 1 is 1.13 bits per heavy atom. The minimum Gasteiger partial charge on any atom is -0.242 e. The molecule has 4 N–H and O–H groups in total. The summed E-state index contributed by atoms with van der Waals surface area (Å²) in [7, 11) is -8.38. The van der Waals surface area contributed by atoms with Crippen LogP contribution < -0.4 is 10.3 Å². The van der Waals surface area contributed by atoms with E-state index in [0.717, 1.165) is 6.20 Å². The number of aromatic nitrogens is 1. The van der Waals surface area contributed by atoms with Crippen LogP contribution in [0.3, 0.4) is 0 Å². The van der Waals surface area contributed by atoms with Gasteiger partial charge in [-0.2, -0.15) is 0 Å². The first kappa shape index (κ1) is 12.0. The summed E-state index contributed by atoms with van der Waals surface area (Å²) in [5.41, 5.74) is 0.177. The van der Waals surface area contributed by atoms with Crippen LogP contribution >= 0.6 is 0 Å². The fourth-order valence-electron chi connectivity index (χ4n) is 1.07. The van der Waals surface area contributed by atoms with Crippen molar-refractivity contribution in [1.82, 2.24) is 4.98 Å². The number of hydrogen-bond donors (Lipinski definition) is 2. The fourth-order valence-corrected chi connectivity index (χ4v) is 3.21. The zero-order chi connectivity index (χ0) is 11.9. The maximum atomic E-state index is 11.1. The first-order valence-corrected chi connectivity index (χ1v) is 6.74. The minimum absolute atomic E-state index is 0.177. The molecule has 0 saturated heterocycles. The lowest BCUT2D eigenvalue weighted by atomic mass is 10.3. The Bertz CT molecular complexity index is 591. The van der Waals surface area contributed by atoms with Gasteiger partial charge in [-0.15, -0.1) is 0 Å². The largest absolute Gasteiger partial charge is 0.256 e. The number of pyridine rings is 1. The van der Waals surface area contributed by atoms with E-state index >= 15 is 0 Å². The zero-order valence-electron chi connectivity index (χ0n) is 7.71. The number of rotatable bonds is 2. The molecule has 9 heteroatoms. The summed E-state index contributed by atoms with van der Waals surface area (Å²) in [6, 6.07) is 1.33. The first-order chi connectivity index (χ1) is 6.64. The van der Waals surface area contributed by atoms with Crippen LogP contribution in [0.4, 0.5) is 0 Å². The molecule has 0 unspecified atom stereocenters. The SMILES string of the molecule is Cc1ccnc(S(N)(=O)=O)c1S(N)(=O)=O. The maximum absolute atomic E-state index is 11.1. The van der Waals surface area contributed by atoms with Gasteiger partial charge in [-0.1, -0.05) is 0 Å². The third-order valence-electron chi connectivity index (χ3n) is 1.62. The molecule has 0 fully saturated rings. The van der Waals surface area contributed by atoms with Gasteiger partial charge in [0.2, 0.25) is 10.0 Å². The van der Waals surface area contributed by atoms with Crippen LogP contribution in [0.1, 0.15) is 5.56 Å². The van der Waals surface area contributed by atoms with Crippen molar-refractivity contribution >= 4 is 20.0 Å². The van der Waals surface area contributed by atoms with E-state index in [2.05, 4.69) is 4.98 Å². The van der Waals surface area contributed by atoms with Crippen molar-refractivity contribution in [3.63, 3.8) is 0 Å². The van der Waals surface area contributed by atoms with Crippen LogP contribution in [0, 0.1) is 6.92 Å². The van der Waals surface area contributed by atoms with E-state index in [1.807, 2.05) is 0 Å². The molecule has 1 aromatic rings. The van der Waals surface area contributed by atoms with E-state index in [9.17, 15) is 16.8 Å². The van der Waals surface area contributed by atoms with Crippen molar-refractivity contribution in [2.75, 3.05) is 0 Å². The molecule has 0 saturated carbocycles. The average Bonchev–Trinajstić information content (AvgIpc) is 1.99. The molecule has 0 spiro atoms. The van der Waals surface area contributed by atoms with Crippen molar-refractivity contribution in [3.8, 4) is 0 Å². The molecule has 0 aliphatic carbocycles. The van der Waals surface area contributed by atoms with Gasteiger partial charge < -0.3 is 0 Å². The Morgan fingerprint density at radius 3 is 2.00 bits per heavy atom. The summed E-state index contributed by atoms with van der Waals surface area (Å²) >= 11 is 0. The highest BCUT2D eigenvalue weighted by Gasteiger charge is 2.24. The highest BCUT2D eigenvalue weighted by molar-refractivity contribution is 7.92. The highest BCUT2D eigenvalue weighted by Crippen LogP contribution is 2.19. The third kappa shape index (κ3) is 2.50. The van der Waals surface area contributed by atoms with Gasteiger partial charge in [-0.3, -0.25) is 0 Å². The zero-order valence-corrected chi connectivity index (χ0v) is 9.34. The summed E-state index contributed by atoms with van der Waals surface area (Å²) in [5, 5.41) is 8.95. The second-order valence-corrected chi connectivity index (χ2v) is 5.83. The first-order valence-electron chi connectivity index (χ1n) is 3.65. The summed E-state index contributed by atoms with van der Waals surface area (Å²) in [6.45, 7) is 1.40. The normalized spacial score (nSPS) is 12.7. The Morgan fingerprint density at radius 2 is 1.67 bits per heavy atom. The van der Waals surface area contributed by atoms with Crippen molar-refractivity contribution in [2.45, 2.75) is 16.8 Å². The quantitative estimate of drug-likeness (QED) is 0.672. The smallest absolute Gasteiger partial charge is 0.242 e. The standard InChI is InChI=1S/C6H9N3O4S2/c1-4-2-3-9-6(15(8,12)13)5(4)14(7,10)11/h2-3H,1H3,(H2,7,10,11)(H2,8,12,13). The molecular weight excluding hydrogens is 242 g/mol. The molecule has 0 radical (unpaired) electrons. The lowest BCUT2D eigenvalue weighted by molar-refractivity contribution is 0.578.